The number of carbonyl (C=O) groups excluding carboxylic acids is 1. The first-order valence-electron chi connectivity index (χ1n) is 7.73. The van der Waals surface area contributed by atoms with E-state index in [1.54, 1.807) is 6.07 Å². The van der Waals surface area contributed by atoms with Crippen LogP contribution in [0, 0.1) is 22.9 Å². The topological polar surface area (TPSA) is 108 Å². The zero-order valence-electron chi connectivity index (χ0n) is 14.3. The first kappa shape index (κ1) is 18.5. The number of rotatable bonds is 5. The Balaban J connectivity index is 1.81. The maximum Gasteiger partial charge on any atom is 0.322 e. The zero-order valence-corrected chi connectivity index (χ0v) is 15.1. The quantitative estimate of drug-likeness (QED) is 0.530. The second-order valence-corrected chi connectivity index (χ2v) is 6.12. The van der Waals surface area contributed by atoms with Gasteiger partial charge in [-0.2, -0.15) is 10.2 Å². The van der Waals surface area contributed by atoms with Gasteiger partial charge in [-0.05, 0) is 19.1 Å². The van der Waals surface area contributed by atoms with Gasteiger partial charge in [0.15, 0.2) is 5.82 Å². The number of carbonyl (C=O) groups is 1. The molecule has 2 heterocycles. The van der Waals surface area contributed by atoms with Gasteiger partial charge in [0.1, 0.15) is 11.5 Å². The lowest BCUT2D eigenvalue weighted by atomic mass is 10.2. The normalized spacial score (nSPS) is 10.8. The Labute approximate surface area is 157 Å². The fourth-order valence-electron chi connectivity index (χ4n) is 2.66. The number of aromatic nitrogens is 4. The Hall–Kier alpha value is -3.27. The Morgan fingerprint density at radius 3 is 2.78 bits per heavy atom. The third-order valence-corrected chi connectivity index (χ3v) is 4.21. The van der Waals surface area contributed by atoms with Crippen molar-refractivity contribution in [2.45, 2.75) is 13.5 Å². The summed E-state index contributed by atoms with van der Waals surface area (Å²) in [5.41, 5.74) is -0.165. The van der Waals surface area contributed by atoms with Crippen molar-refractivity contribution in [3.05, 3.63) is 68.4 Å². The molecule has 9 nitrogen and oxygen atoms in total. The lowest BCUT2D eigenvalue weighted by Crippen LogP contribution is -2.18. The molecule has 0 aliphatic heterocycles. The Bertz CT molecular complexity index is 1020. The molecule has 0 spiro atoms. The molecule has 140 valence electrons. The summed E-state index contributed by atoms with van der Waals surface area (Å²) in [4.78, 5) is 23.0. The van der Waals surface area contributed by atoms with E-state index in [2.05, 4.69) is 15.5 Å². The molecular weight excluding hydrogens is 379 g/mol. The van der Waals surface area contributed by atoms with E-state index in [9.17, 15) is 19.3 Å². The molecule has 1 amide bonds. The second-order valence-electron chi connectivity index (χ2n) is 5.72. The highest BCUT2D eigenvalue weighted by Gasteiger charge is 2.29. The van der Waals surface area contributed by atoms with E-state index in [0.29, 0.717) is 0 Å². The maximum atomic E-state index is 13.9. The molecule has 2 aromatic heterocycles. The fraction of sp³-hybridized carbons (Fsp3) is 0.188. The number of nitro groups is 1. The van der Waals surface area contributed by atoms with Gasteiger partial charge in [0, 0.05) is 29.9 Å². The van der Waals surface area contributed by atoms with Gasteiger partial charge in [0.25, 0.3) is 5.91 Å². The van der Waals surface area contributed by atoms with Gasteiger partial charge in [-0.3, -0.25) is 24.3 Å². The number of nitrogens with one attached hydrogen (secondary N) is 1. The van der Waals surface area contributed by atoms with Crippen LogP contribution in [0.1, 0.15) is 21.7 Å². The maximum absolute atomic E-state index is 13.9. The molecule has 0 bridgehead atoms. The van der Waals surface area contributed by atoms with Gasteiger partial charge in [0.2, 0.25) is 5.69 Å². The molecule has 0 unspecified atom stereocenters. The number of anilines is 1. The van der Waals surface area contributed by atoms with E-state index in [-0.39, 0.29) is 40.0 Å². The van der Waals surface area contributed by atoms with Crippen LogP contribution in [0.5, 0.6) is 0 Å². The average Bonchev–Trinajstić information content (AvgIpc) is 3.14. The van der Waals surface area contributed by atoms with E-state index in [4.69, 9.17) is 11.6 Å². The van der Waals surface area contributed by atoms with Crippen LogP contribution in [-0.2, 0) is 13.6 Å². The largest absolute Gasteiger partial charge is 0.322 e. The molecule has 0 fully saturated rings. The molecule has 0 atom stereocenters. The lowest BCUT2D eigenvalue weighted by molar-refractivity contribution is -0.385. The predicted octanol–water partition coefficient (Wildman–Crippen LogP) is 2.93. The summed E-state index contributed by atoms with van der Waals surface area (Å²) in [5.74, 6) is -1.04. The summed E-state index contributed by atoms with van der Waals surface area (Å²) >= 11 is 5.99. The van der Waals surface area contributed by atoms with Gasteiger partial charge in [-0.1, -0.05) is 17.7 Å². The molecule has 1 N–H and O–H groups in total. The molecule has 0 saturated heterocycles. The number of amides is 1. The number of hydrogen-bond donors (Lipinski definition) is 1. The molecule has 27 heavy (non-hydrogen) atoms. The third kappa shape index (κ3) is 3.65. The van der Waals surface area contributed by atoms with Crippen LogP contribution >= 0.6 is 11.6 Å². The number of halogens is 2. The molecular formula is C16H14ClFN6O3. The summed E-state index contributed by atoms with van der Waals surface area (Å²) in [7, 11) is 1.44. The smallest absolute Gasteiger partial charge is 0.304 e. The van der Waals surface area contributed by atoms with Crippen LogP contribution in [0.2, 0.25) is 5.02 Å². The highest BCUT2D eigenvalue weighted by molar-refractivity contribution is 6.31. The summed E-state index contributed by atoms with van der Waals surface area (Å²) in [6.07, 6.45) is 1.53. The minimum Gasteiger partial charge on any atom is -0.304 e. The molecule has 11 heteroatoms. The van der Waals surface area contributed by atoms with Gasteiger partial charge in [-0.25, -0.2) is 4.39 Å². The summed E-state index contributed by atoms with van der Waals surface area (Å²) < 4.78 is 16.4. The summed E-state index contributed by atoms with van der Waals surface area (Å²) in [6, 6.07) is 5.84. The first-order valence-corrected chi connectivity index (χ1v) is 8.11. The van der Waals surface area contributed by atoms with Crippen LogP contribution in [0.3, 0.4) is 0 Å². The van der Waals surface area contributed by atoms with Crippen molar-refractivity contribution in [2.75, 3.05) is 5.32 Å². The highest BCUT2D eigenvalue weighted by Crippen LogP contribution is 2.23. The van der Waals surface area contributed by atoms with Crippen molar-refractivity contribution in [3.8, 4) is 0 Å². The van der Waals surface area contributed by atoms with E-state index < -0.39 is 16.6 Å². The highest BCUT2D eigenvalue weighted by atomic mass is 35.5. The standard InChI is InChI=1S/C16H14ClFN6O3/c1-9-14(24(26)27)15(22(2)20-9)16(25)19-13-6-7-23(21-13)8-10-11(17)4-3-5-12(10)18/h3-7H,8H2,1-2H3,(H,19,21,25). The minimum atomic E-state index is -0.723. The number of nitrogens with zero attached hydrogens (tertiary/aromatic N) is 5. The molecule has 0 saturated carbocycles. The van der Waals surface area contributed by atoms with Gasteiger partial charge >= 0.3 is 5.69 Å². The van der Waals surface area contributed by atoms with Crippen LogP contribution in [0.4, 0.5) is 15.9 Å². The van der Waals surface area contributed by atoms with Crippen molar-refractivity contribution < 1.29 is 14.1 Å². The number of aryl methyl sites for hydroxylation is 2. The average molecular weight is 393 g/mol. The molecule has 0 aliphatic carbocycles. The molecule has 3 rings (SSSR count). The van der Waals surface area contributed by atoms with E-state index >= 15 is 0 Å². The summed E-state index contributed by atoms with van der Waals surface area (Å²) in [6.45, 7) is 1.51. The predicted molar refractivity (Wildman–Crippen MR) is 95.3 cm³/mol. The SMILES string of the molecule is Cc1nn(C)c(C(=O)Nc2ccn(Cc3c(F)cccc3Cl)n2)c1[N+](=O)[O-]. The number of hydrogen-bond acceptors (Lipinski definition) is 5. The zero-order chi connectivity index (χ0) is 19.7. The molecule has 0 aliphatic rings. The van der Waals surface area contributed by atoms with Crippen molar-refractivity contribution in [2.24, 2.45) is 7.05 Å². The fourth-order valence-corrected chi connectivity index (χ4v) is 2.88. The Kier molecular flexibility index (Phi) is 4.91. The monoisotopic (exact) mass is 392 g/mol. The molecule has 3 aromatic rings. The van der Waals surface area contributed by atoms with Crippen LogP contribution in [0.15, 0.2) is 30.5 Å². The first-order chi connectivity index (χ1) is 12.8. The van der Waals surface area contributed by atoms with Gasteiger partial charge in [-0.15, -0.1) is 0 Å². The van der Waals surface area contributed by atoms with Crippen molar-refractivity contribution in [1.29, 1.82) is 0 Å². The lowest BCUT2D eigenvalue weighted by Gasteiger charge is -2.06. The van der Waals surface area contributed by atoms with E-state index in [0.717, 1.165) is 4.68 Å². The third-order valence-electron chi connectivity index (χ3n) is 3.85. The number of benzene rings is 1. The molecule has 1 aromatic carbocycles. The van der Waals surface area contributed by atoms with Crippen molar-refractivity contribution >= 4 is 29.0 Å². The van der Waals surface area contributed by atoms with Gasteiger partial charge in [0.05, 0.1) is 11.5 Å². The summed E-state index contributed by atoms with van der Waals surface area (Å²) in [5, 5.41) is 22.0. The minimum absolute atomic E-state index is 0.0618. The van der Waals surface area contributed by atoms with Crippen molar-refractivity contribution in [1.82, 2.24) is 19.6 Å². The Morgan fingerprint density at radius 1 is 1.37 bits per heavy atom. The van der Waals surface area contributed by atoms with Crippen LogP contribution < -0.4 is 5.32 Å². The van der Waals surface area contributed by atoms with Crippen molar-refractivity contribution in [3.63, 3.8) is 0 Å². The van der Waals surface area contributed by atoms with Gasteiger partial charge < -0.3 is 5.32 Å². The molecule has 0 radical (unpaired) electrons. The van der Waals surface area contributed by atoms with E-state index in [1.807, 2.05) is 0 Å². The second kappa shape index (κ2) is 7.16. The van der Waals surface area contributed by atoms with Crippen LogP contribution in [0.25, 0.3) is 0 Å². The van der Waals surface area contributed by atoms with Crippen LogP contribution in [-0.4, -0.2) is 30.4 Å². The Morgan fingerprint density at radius 2 is 2.11 bits per heavy atom. The van der Waals surface area contributed by atoms with E-state index in [1.165, 1.54) is 43.0 Å².